The lowest BCUT2D eigenvalue weighted by molar-refractivity contribution is -0.134. The van der Waals surface area contributed by atoms with Gasteiger partial charge in [0.1, 0.15) is 5.92 Å². The lowest BCUT2D eigenvalue weighted by atomic mass is 9.87. The first-order chi connectivity index (χ1) is 9.58. The lowest BCUT2D eigenvalue weighted by Gasteiger charge is -2.27. The second-order valence-electron chi connectivity index (χ2n) is 4.79. The van der Waals surface area contributed by atoms with E-state index in [-0.39, 0.29) is 24.7 Å². The molecule has 0 unspecified atom stereocenters. The number of carbonyl (C=O) groups is 3. The third-order valence-electron chi connectivity index (χ3n) is 3.54. The van der Waals surface area contributed by atoms with E-state index in [4.69, 9.17) is 5.11 Å². The Kier molecular flexibility index (Phi) is 2.78. The van der Waals surface area contributed by atoms with Crippen LogP contribution in [0.25, 0.3) is 10.9 Å². The van der Waals surface area contributed by atoms with Crippen LogP contribution >= 0.6 is 0 Å². The number of H-pyrrole nitrogens is 1. The Balaban J connectivity index is 2.00. The molecule has 1 saturated heterocycles. The molecule has 2 heterocycles. The van der Waals surface area contributed by atoms with Crippen molar-refractivity contribution < 1.29 is 19.5 Å². The first kappa shape index (κ1) is 12.4. The van der Waals surface area contributed by atoms with Crippen molar-refractivity contribution in [2.75, 3.05) is 13.1 Å². The van der Waals surface area contributed by atoms with Gasteiger partial charge in [0.15, 0.2) is 11.6 Å². The zero-order valence-corrected chi connectivity index (χ0v) is 10.5. The molecule has 2 N–H and O–H groups in total. The molecule has 1 aliphatic heterocycles. The number of aromatic nitrogens is 1. The zero-order valence-electron chi connectivity index (χ0n) is 10.5. The Morgan fingerprint density at radius 1 is 1.20 bits per heavy atom. The van der Waals surface area contributed by atoms with Gasteiger partial charge in [-0.1, -0.05) is 18.2 Å². The number of nitrogens with zero attached hydrogens (tertiary/aromatic N) is 1. The van der Waals surface area contributed by atoms with Gasteiger partial charge in [0.2, 0.25) is 0 Å². The van der Waals surface area contributed by atoms with Crippen molar-refractivity contribution >= 4 is 28.6 Å². The fraction of sp³-hybridized carbons (Fsp3) is 0.214. The Morgan fingerprint density at radius 2 is 1.85 bits per heavy atom. The highest BCUT2D eigenvalue weighted by Gasteiger charge is 2.38. The molecule has 2 aromatic rings. The van der Waals surface area contributed by atoms with E-state index in [9.17, 15) is 14.4 Å². The summed E-state index contributed by atoms with van der Waals surface area (Å²) in [7, 11) is 0. The number of fused-ring (bicyclic) bond motifs is 1. The number of aromatic amines is 1. The maximum absolute atomic E-state index is 12.1. The standard InChI is InChI=1S/C14H12N2O4/c17-11-6-16(14(19)20)7-12(18)13(11)9-5-15-10-4-2-1-3-8(9)10/h1-5,13,15H,6-7H2,(H,19,20). The van der Waals surface area contributed by atoms with E-state index < -0.39 is 12.0 Å². The summed E-state index contributed by atoms with van der Waals surface area (Å²) in [5, 5.41) is 9.70. The van der Waals surface area contributed by atoms with E-state index in [0.29, 0.717) is 5.56 Å². The number of hydrogen-bond donors (Lipinski definition) is 2. The molecule has 20 heavy (non-hydrogen) atoms. The smallest absolute Gasteiger partial charge is 0.408 e. The average molecular weight is 272 g/mol. The first-order valence-electron chi connectivity index (χ1n) is 6.17. The van der Waals surface area contributed by atoms with Gasteiger partial charge < -0.3 is 10.1 Å². The van der Waals surface area contributed by atoms with Gasteiger partial charge in [-0.2, -0.15) is 0 Å². The van der Waals surface area contributed by atoms with Crippen LogP contribution in [0.5, 0.6) is 0 Å². The highest BCUT2D eigenvalue weighted by Crippen LogP contribution is 2.29. The normalized spacial score (nSPS) is 16.9. The van der Waals surface area contributed by atoms with E-state index in [1.165, 1.54) is 0 Å². The molecule has 1 aromatic carbocycles. The number of carbonyl (C=O) groups excluding carboxylic acids is 2. The highest BCUT2D eigenvalue weighted by molar-refractivity contribution is 6.14. The Labute approximate surface area is 114 Å². The number of amides is 1. The number of nitrogens with one attached hydrogen (secondary N) is 1. The van der Waals surface area contributed by atoms with Crippen LogP contribution in [0, 0.1) is 0 Å². The third kappa shape index (κ3) is 1.85. The molecule has 3 rings (SSSR count). The van der Waals surface area contributed by atoms with E-state index in [0.717, 1.165) is 15.8 Å². The number of hydrogen-bond acceptors (Lipinski definition) is 3. The molecule has 0 bridgehead atoms. The highest BCUT2D eigenvalue weighted by atomic mass is 16.4. The predicted octanol–water partition coefficient (Wildman–Crippen LogP) is 1.38. The SMILES string of the molecule is O=C1CN(C(=O)O)CC(=O)C1c1c[nH]c2ccccc12. The van der Waals surface area contributed by atoms with E-state index in [2.05, 4.69) is 4.98 Å². The molecule has 0 atom stereocenters. The molecule has 1 aliphatic rings. The maximum Gasteiger partial charge on any atom is 0.408 e. The minimum atomic E-state index is -1.25. The van der Waals surface area contributed by atoms with Crippen LogP contribution in [0.1, 0.15) is 11.5 Å². The number of rotatable bonds is 1. The summed E-state index contributed by atoms with van der Waals surface area (Å²) in [6.45, 7) is -0.490. The number of benzene rings is 1. The summed E-state index contributed by atoms with van der Waals surface area (Å²) >= 11 is 0. The van der Waals surface area contributed by atoms with Crippen LogP contribution in [0.4, 0.5) is 4.79 Å². The monoisotopic (exact) mass is 272 g/mol. The molecular formula is C14H12N2O4. The largest absolute Gasteiger partial charge is 0.465 e. The molecule has 0 spiro atoms. The van der Waals surface area contributed by atoms with Crippen molar-refractivity contribution in [1.29, 1.82) is 0 Å². The third-order valence-corrected chi connectivity index (χ3v) is 3.54. The molecule has 1 fully saturated rings. The summed E-state index contributed by atoms with van der Waals surface area (Å²) in [5.74, 6) is -1.64. The number of Topliss-reactive ketones (excluding diaryl/α,β-unsaturated/α-hetero) is 2. The van der Waals surface area contributed by atoms with Crippen LogP contribution < -0.4 is 0 Å². The average Bonchev–Trinajstić information content (AvgIpc) is 2.82. The van der Waals surface area contributed by atoms with E-state index >= 15 is 0 Å². The van der Waals surface area contributed by atoms with Gasteiger partial charge in [-0.05, 0) is 11.6 Å². The summed E-state index contributed by atoms with van der Waals surface area (Å²) in [6.07, 6.45) is 0.408. The topological polar surface area (TPSA) is 90.5 Å². The zero-order chi connectivity index (χ0) is 14.3. The molecule has 6 nitrogen and oxygen atoms in total. The predicted molar refractivity (Wildman–Crippen MR) is 70.7 cm³/mol. The molecule has 0 saturated carbocycles. The minimum absolute atomic E-state index is 0.245. The van der Waals surface area contributed by atoms with E-state index in [1.807, 2.05) is 24.3 Å². The Bertz CT molecular complexity index is 701. The van der Waals surface area contributed by atoms with Crippen molar-refractivity contribution in [3.05, 3.63) is 36.0 Å². The number of ketones is 2. The number of piperidine rings is 1. The van der Waals surface area contributed by atoms with Crippen LogP contribution in [-0.4, -0.2) is 45.7 Å². The molecule has 0 radical (unpaired) electrons. The van der Waals surface area contributed by atoms with Gasteiger partial charge in [0.05, 0.1) is 13.1 Å². The fourth-order valence-corrected chi connectivity index (χ4v) is 2.61. The van der Waals surface area contributed by atoms with Gasteiger partial charge in [0, 0.05) is 17.1 Å². The van der Waals surface area contributed by atoms with Crippen LogP contribution in [0.2, 0.25) is 0 Å². The van der Waals surface area contributed by atoms with Crippen LogP contribution in [0.15, 0.2) is 30.5 Å². The number of para-hydroxylation sites is 1. The number of likely N-dealkylation sites (tertiary alicyclic amines) is 1. The molecule has 0 aliphatic carbocycles. The van der Waals surface area contributed by atoms with E-state index in [1.54, 1.807) is 6.20 Å². The van der Waals surface area contributed by atoms with Gasteiger partial charge >= 0.3 is 6.09 Å². The van der Waals surface area contributed by atoms with Gasteiger partial charge in [-0.3, -0.25) is 14.5 Å². The maximum atomic E-state index is 12.1. The van der Waals surface area contributed by atoms with Crippen LogP contribution in [-0.2, 0) is 9.59 Å². The van der Waals surface area contributed by atoms with Crippen molar-refractivity contribution in [3.8, 4) is 0 Å². The molecule has 1 aromatic heterocycles. The number of carboxylic acid groups (broad SMARTS) is 1. The van der Waals surface area contributed by atoms with Crippen molar-refractivity contribution in [3.63, 3.8) is 0 Å². The van der Waals surface area contributed by atoms with Gasteiger partial charge in [-0.15, -0.1) is 0 Å². The van der Waals surface area contributed by atoms with Gasteiger partial charge in [-0.25, -0.2) is 4.79 Å². The second-order valence-corrected chi connectivity index (χ2v) is 4.79. The summed E-state index contributed by atoms with van der Waals surface area (Å²) in [6, 6.07) is 7.39. The molecular weight excluding hydrogens is 260 g/mol. The molecule has 1 amide bonds. The summed E-state index contributed by atoms with van der Waals surface area (Å²) in [4.78, 5) is 39.0. The fourth-order valence-electron chi connectivity index (χ4n) is 2.61. The van der Waals surface area contributed by atoms with Crippen molar-refractivity contribution in [2.24, 2.45) is 0 Å². The second kappa shape index (κ2) is 4.48. The van der Waals surface area contributed by atoms with Crippen molar-refractivity contribution in [2.45, 2.75) is 5.92 Å². The van der Waals surface area contributed by atoms with Gasteiger partial charge in [0.25, 0.3) is 0 Å². The molecule has 6 heteroatoms. The lowest BCUT2D eigenvalue weighted by Crippen LogP contribution is -2.48. The minimum Gasteiger partial charge on any atom is -0.465 e. The quantitative estimate of drug-likeness (QED) is 0.767. The first-order valence-corrected chi connectivity index (χ1v) is 6.17. The Hall–Kier alpha value is -2.63. The molecule has 102 valence electrons. The van der Waals surface area contributed by atoms with Crippen LogP contribution in [0.3, 0.4) is 0 Å². The summed E-state index contributed by atoms with van der Waals surface area (Å²) in [5.41, 5.74) is 1.48. The summed E-state index contributed by atoms with van der Waals surface area (Å²) < 4.78 is 0. The Morgan fingerprint density at radius 3 is 2.50 bits per heavy atom. The van der Waals surface area contributed by atoms with Crippen molar-refractivity contribution in [1.82, 2.24) is 9.88 Å².